The Kier molecular flexibility index (Phi) is 8.69. The Balaban J connectivity index is 1.73. The fourth-order valence-corrected chi connectivity index (χ4v) is 4.53. The van der Waals surface area contributed by atoms with Gasteiger partial charge in [-0.2, -0.15) is 0 Å². The van der Waals surface area contributed by atoms with Gasteiger partial charge in [0.25, 0.3) is 0 Å². The van der Waals surface area contributed by atoms with Crippen molar-refractivity contribution in [1.82, 2.24) is 15.5 Å². The van der Waals surface area contributed by atoms with Crippen LogP contribution >= 0.6 is 11.3 Å². The second kappa shape index (κ2) is 11.5. The molecule has 0 unspecified atom stereocenters. The van der Waals surface area contributed by atoms with Gasteiger partial charge in [-0.15, -0.1) is 11.3 Å². The molecule has 0 bridgehead atoms. The summed E-state index contributed by atoms with van der Waals surface area (Å²) in [4.78, 5) is 18.4. The maximum absolute atomic E-state index is 13.0. The highest BCUT2D eigenvalue weighted by Crippen LogP contribution is 2.30. The molecule has 2 aromatic rings. The van der Waals surface area contributed by atoms with Gasteiger partial charge in [0.15, 0.2) is 0 Å². The number of likely N-dealkylation sites (N-methyl/N-ethyl adjacent to an activating group) is 2. The lowest BCUT2D eigenvalue weighted by Gasteiger charge is -2.24. The predicted molar refractivity (Wildman–Crippen MR) is 125 cm³/mol. The van der Waals surface area contributed by atoms with Gasteiger partial charge < -0.3 is 20.3 Å². The highest BCUT2D eigenvalue weighted by molar-refractivity contribution is 7.10. The number of nitrogens with zero attached hydrogens (tertiary/aromatic N) is 2. The molecule has 1 fully saturated rings. The summed E-state index contributed by atoms with van der Waals surface area (Å²) in [5.74, 6) is 0.973. The zero-order valence-corrected chi connectivity index (χ0v) is 19.1. The van der Waals surface area contributed by atoms with Crippen molar-refractivity contribution in [3.63, 3.8) is 0 Å². The third-order valence-electron chi connectivity index (χ3n) is 5.57. The summed E-state index contributed by atoms with van der Waals surface area (Å²) in [6, 6.07) is 12.4. The summed E-state index contributed by atoms with van der Waals surface area (Å²) in [6.07, 6.45) is 1.41. The molecule has 3 rings (SSSR count). The van der Waals surface area contributed by atoms with E-state index in [1.54, 1.807) is 11.3 Å². The molecule has 1 saturated heterocycles. The first-order valence-corrected chi connectivity index (χ1v) is 11.7. The van der Waals surface area contributed by atoms with Crippen LogP contribution in [0.4, 0.5) is 5.69 Å². The Hall–Kier alpha value is -1.93. The van der Waals surface area contributed by atoms with E-state index in [-0.39, 0.29) is 18.1 Å². The van der Waals surface area contributed by atoms with Crippen LogP contribution in [-0.4, -0.2) is 63.7 Å². The van der Waals surface area contributed by atoms with Gasteiger partial charge >= 0.3 is 0 Å². The van der Waals surface area contributed by atoms with E-state index in [1.165, 1.54) is 4.88 Å². The van der Waals surface area contributed by atoms with Crippen molar-refractivity contribution in [2.75, 3.05) is 51.7 Å². The van der Waals surface area contributed by atoms with Crippen molar-refractivity contribution < 1.29 is 9.53 Å². The van der Waals surface area contributed by atoms with Crippen LogP contribution < -0.4 is 20.3 Å². The molecule has 0 radical (unpaired) electrons. The van der Waals surface area contributed by atoms with E-state index in [9.17, 15) is 4.79 Å². The average Bonchev–Trinajstić information content (AvgIpc) is 3.24. The van der Waals surface area contributed by atoms with E-state index < -0.39 is 0 Å². The maximum atomic E-state index is 13.0. The second-order valence-corrected chi connectivity index (χ2v) is 8.68. The third kappa shape index (κ3) is 6.04. The zero-order chi connectivity index (χ0) is 21.3. The first-order chi connectivity index (χ1) is 14.6. The molecule has 1 aliphatic heterocycles. The van der Waals surface area contributed by atoms with Crippen LogP contribution in [-0.2, 0) is 4.79 Å². The number of carbonyl (C=O) groups is 1. The Morgan fingerprint density at radius 2 is 2.13 bits per heavy atom. The molecule has 2 atom stereocenters. The number of ether oxygens (including phenoxy) is 1. The molecule has 6 nitrogen and oxygen atoms in total. The Morgan fingerprint density at radius 1 is 1.27 bits per heavy atom. The summed E-state index contributed by atoms with van der Waals surface area (Å²) in [7, 11) is 4.06. The Labute approximate surface area is 184 Å². The Morgan fingerprint density at radius 3 is 2.87 bits per heavy atom. The molecule has 1 aliphatic rings. The Bertz CT molecular complexity index is 783. The third-order valence-corrected chi connectivity index (χ3v) is 6.53. The highest BCUT2D eigenvalue weighted by Gasteiger charge is 2.27. The number of carbonyl (C=O) groups excluding carboxylic acids is 1. The molecule has 164 valence electrons. The SMILES string of the molecule is CCNC[C@H]1CC(=O)N(c2cccc(O[C@@H](CCNC)c3cccs3)c2)CCN1C. The minimum atomic E-state index is 0.00293. The van der Waals surface area contributed by atoms with Gasteiger partial charge in [-0.1, -0.05) is 19.1 Å². The minimum Gasteiger partial charge on any atom is -0.485 e. The van der Waals surface area contributed by atoms with E-state index in [0.717, 1.165) is 44.0 Å². The number of anilines is 1. The molecule has 0 aliphatic carbocycles. The molecule has 2 heterocycles. The fourth-order valence-electron chi connectivity index (χ4n) is 3.74. The van der Waals surface area contributed by atoms with Gasteiger partial charge in [0.05, 0.1) is 0 Å². The number of hydrogen-bond donors (Lipinski definition) is 2. The first-order valence-electron chi connectivity index (χ1n) is 10.8. The summed E-state index contributed by atoms with van der Waals surface area (Å²) < 4.78 is 6.37. The molecular formula is C23H34N4O2S. The van der Waals surface area contributed by atoms with Crippen LogP contribution in [0.1, 0.15) is 30.7 Å². The lowest BCUT2D eigenvalue weighted by molar-refractivity contribution is -0.119. The average molecular weight is 431 g/mol. The highest BCUT2D eigenvalue weighted by atomic mass is 32.1. The molecule has 0 spiro atoms. The second-order valence-electron chi connectivity index (χ2n) is 7.70. The first kappa shape index (κ1) is 22.7. The van der Waals surface area contributed by atoms with Gasteiger partial charge in [-0.3, -0.25) is 9.69 Å². The molecule has 30 heavy (non-hydrogen) atoms. The zero-order valence-electron chi connectivity index (χ0n) is 18.3. The van der Waals surface area contributed by atoms with Crippen molar-refractivity contribution in [2.45, 2.75) is 31.9 Å². The van der Waals surface area contributed by atoms with Crippen molar-refractivity contribution in [3.8, 4) is 5.75 Å². The van der Waals surface area contributed by atoms with E-state index >= 15 is 0 Å². The van der Waals surface area contributed by atoms with E-state index in [0.29, 0.717) is 13.0 Å². The van der Waals surface area contributed by atoms with Crippen LogP contribution in [0, 0.1) is 0 Å². The van der Waals surface area contributed by atoms with Gasteiger partial charge in [0.1, 0.15) is 11.9 Å². The van der Waals surface area contributed by atoms with Crippen LogP contribution in [0.5, 0.6) is 5.75 Å². The quantitative estimate of drug-likeness (QED) is 0.607. The number of hydrogen-bond acceptors (Lipinski definition) is 6. The standard InChI is InChI=1S/C23H34N4O2S/c1-4-25-17-19-16-23(28)27(13-12-26(19)3)18-7-5-8-20(15-18)29-21(10-11-24-2)22-9-6-14-30-22/h5-9,14-15,19,21,24-25H,4,10-13,16-17H2,1-3H3/t19-,21+/m1/s1. The lowest BCUT2D eigenvalue weighted by Crippen LogP contribution is -2.40. The van der Waals surface area contributed by atoms with E-state index in [2.05, 4.69) is 47.0 Å². The van der Waals surface area contributed by atoms with E-state index in [4.69, 9.17) is 4.74 Å². The van der Waals surface area contributed by atoms with E-state index in [1.807, 2.05) is 36.2 Å². The summed E-state index contributed by atoms with van der Waals surface area (Å²) in [5.41, 5.74) is 0.911. The number of rotatable bonds is 10. The van der Waals surface area contributed by atoms with Gasteiger partial charge in [0, 0.05) is 55.1 Å². The molecule has 1 aromatic heterocycles. The fraction of sp³-hybridized carbons (Fsp3) is 0.522. The molecular weight excluding hydrogens is 396 g/mol. The topological polar surface area (TPSA) is 56.8 Å². The minimum absolute atomic E-state index is 0.00293. The van der Waals surface area contributed by atoms with Crippen molar-refractivity contribution >= 4 is 22.9 Å². The monoisotopic (exact) mass is 430 g/mol. The number of thiophene rings is 1. The number of nitrogens with one attached hydrogen (secondary N) is 2. The largest absolute Gasteiger partial charge is 0.485 e. The van der Waals surface area contributed by atoms with Crippen LogP contribution in [0.25, 0.3) is 0 Å². The van der Waals surface area contributed by atoms with Crippen molar-refractivity contribution in [2.24, 2.45) is 0 Å². The number of benzene rings is 1. The normalized spacial score (nSPS) is 19.0. The van der Waals surface area contributed by atoms with Crippen LogP contribution in [0.3, 0.4) is 0 Å². The predicted octanol–water partition coefficient (Wildman–Crippen LogP) is 3.12. The smallest absolute Gasteiger partial charge is 0.228 e. The van der Waals surface area contributed by atoms with Gasteiger partial charge in [0.2, 0.25) is 5.91 Å². The molecule has 7 heteroatoms. The maximum Gasteiger partial charge on any atom is 0.228 e. The molecule has 1 amide bonds. The summed E-state index contributed by atoms with van der Waals surface area (Å²) >= 11 is 1.71. The molecule has 2 N–H and O–H groups in total. The van der Waals surface area contributed by atoms with Crippen LogP contribution in [0.2, 0.25) is 0 Å². The van der Waals surface area contributed by atoms with Crippen LogP contribution in [0.15, 0.2) is 41.8 Å². The summed E-state index contributed by atoms with van der Waals surface area (Å²) in [5, 5.41) is 8.66. The summed E-state index contributed by atoms with van der Waals surface area (Å²) in [6.45, 7) is 6.27. The van der Waals surface area contributed by atoms with Crippen molar-refractivity contribution in [3.05, 3.63) is 46.7 Å². The van der Waals surface area contributed by atoms with Gasteiger partial charge in [-0.25, -0.2) is 0 Å². The van der Waals surface area contributed by atoms with Crippen molar-refractivity contribution in [1.29, 1.82) is 0 Å². The lowest BCUT2D eigenvalue weighted by atomic mass is 10.1. The molecule has 1 aromatic carbocycles. The number of amides is 1. The van der Waals surface area contributed by atoms with Gasteiger partial charge in [-0.05, 0) is 50.8 Å². The molecule has 0 saturated carbocycles.